The van der Waals surface area contributed by atoms with Crippen molar-refractivity contribution in [3.05, 3.63) is 29.8 Å². The van der Waals surface area contributed by atoms with Gasteiger partial charge in [-0.15, -0.1) is 0 Å². The molecule has 0 spiro atoms. The van der Waals surface area contributed by atoms with Gasteiger partial charge in [-0.05, 0) is 43.9 Å². The van der Waals surface area contributed by atoms with Crippen LogP contribution in [0.1, 0.15) is 44.6 Å². The van der Waals surface area contributed by atoms with Gasteiger partial charge in [0.1, 0.15) is 11.4 Å². The van der Waals surface area contributed by atoms with Crippen LogP contribution in [-0.2, 0) is 0 Å². The van der Waals surface area contributed by atoms with Crippen LogP contribution in [0.5, 0.6) is 5.75 Å². The first kappa shape index (κ1) is 11.1. The SMILES string of the molecule is CCN[C@H]1CC2CC(C)(C1)Oc1ccccc12. The van der Waals surface area contributed by atoms with E-state index in [2.05, 4.69) is 43.4 Å². The third kappa shape index (κ3) is 1.95. The molecular weight excluding hydrogens is 210 g/mol. The molecule has 0 aromatic heterocycles. The molecule has 1 aromatic rings. The first-order valence-electron chi connectivity index (χ1n) is 6.71. The zero-order valence-corrected chi connectivity index (χ0v) is 10.7. The molecule has 1 heterocycles. The highest BCUT2D eigenvalue weighted by Crippen LogP contribution is 2.48. The van der Waals surface area contributed by atoms with Crippen LogP contribution >= 0.6 is 0 Å². The van der Waals surface area contributed by atoms with E-state index < -0.39 is 0 Å². The summed E-state index contributed by atoms with van der Waals surface area (Å²) >= 11 is 0. The molecule has 2 aliphatic rings. The third-order valence-corrected chi connectivity index (χ3v) is 4.13. The van der Waals surface area contributed by atoms with Gasteiger partial charge in [-0.2, -0.15) is 0 Å². The topological polar surface area (TPSA) is 21.3 Å². The summed E-state index contributed by atoms with van der Waals surface area (Å²) in [7, 11) is 0. The molecule has 1 saturated carbocycles. The Morgan fingerprint density at radius 2 is 2.18 bits per heavy atom. The molecule has 3 atom stereocenters. The molecule has 1 aliphatic heterocycles. The minimum atomic E-state index is 0.0319. The molecule has 1 fully saturated rings. The quantitative estimate of drug-likeness (QED) is 0.844. The van der Waals surface area contributed by atoms with Crippen molar-refractivity contribution in [2.24, 2.45) is 0 Å². The van der Waals surface area contributed by atoms with E-state index in [0.717, 1.165) is 18.7 Å². The predicted molar refractivity (Wildman–Crippen MR) is 69.5 cm³/mol. The number of benzene rings is 1. The molecular formula is C15H21NO. The van der Waals surface area contributed by atoms with E-state index in [1.54, 1.807) is 0 Å². The van der Waals surface area contributed by atoms with Crippen molar-refractivity contribution in [3.8, 4) is 5.75 Å². The van der Waals surface area contributed by atoms with Gasteiger partial charge >= 0.3 is 0 Å². The van der Waals surface area contributed by atoms with Crippen LogP contribution in [0, 0.1) is 0 Å². The summed E-state index contributed by atoms with van der Waals surface area (Å²) < 4.78 is 6.23. The largest absolute Gasteiger partial charge is 0.487 e. The Morgan fingerprint density at radius 1 is 1.35 bits per heavy atom. The number of nitrogens with one attached hydrogen (secondary N) is 1. The molecule has 0 saturated heterocycles. The molecule has 2 heteroatoms. The van der Waals surface area contributed by atoms with Crippen LogP contribution in [0.25, 0.3) is 0 Å². The van der Waals surface area contributed by atoms with Crippen LogP contribution in [0.2, 0.25) is 0 Å². The van der Waals surface area contributed by atoms with Gasteiger partial charge in [0.2, 0.25) is 0 Å². The summed E-state index contributed by atoms with van der Waals surface area (Å²) in [4.78, 5) is 0. The van der Waals surface area contributed by atoms with E-state index in [0.29, 0.717) is 12.0 Å². The molecule has 17 heavy (non-hydrogen) atoms. The first-order chi connectivity index (χ1) is 8.20. The average Bonchev–Trinajstić information content (AvgIpc) is 2.28. The molecule has 0 amide bonds. The summed E-state index contributed by atoms with van der Waals surface area (Å²) in [5, 5.41) is 3.59. The second kappa shape index (κ2) is 4.02. The minimum Gasteiger partial charge on any atom is -0.487 e. The lowest BCUT2D eigenvalue weighted by atomic mass is 9.71. The van der Waals surface area contributed by atoms with Gasteiger partial charge in [-0.1, -0.05) is 25.1 Å². The third-order valence-electron chi connectivity index (χ3n) is 4.13. The zero-order chi connectivity index (χ0) is 11.9. The summed E-state index contributed by atoms with van der Waals surface area (Å²) in [6.45, 7) is 5.50. The standard InChI is InChI=1S/C15H21NO/c1-3-16-12-8-11-9-15(2,10-12)17-14-7-5-4-6-13(11)14/h4-7,11-12,16H,3,8-10H2,1-2H3/t11?,12-,15?/m0/s1. The maximum atomic E-state index is 6.23. The number of ether oxygens (including phenoxy) is 1. The van der Waals surface area contributed by atoms with Gasteiger partial charge in [0.15, 0.2) is 0 Å². The molecule has 92 valence electrons. The van der Waals surface area contributed by atoms with Crippen LogP contribution in [-0.4, -0.2) is 18.2 Å². The number of hydrogen-bond donors (Lipinski definition) is 1. The lowest BCUT2D eigenvalue weighted by molar-refractivity contribution is 0.00800. The van der Waals surface area contributed by atoms with Crippen molar-refractivity contribution in [3.63, 3.8) is 0 Å². The van der Waals surface area contributed by atoms with Crippen LogP contribution in [0.3, 0.4) is 0 Å². The van der Waals surface area contributed by atoms with E-state index in [1.165, 1.54) is 18.4 Å². The van der Waals surface area contributed by atoms with Crippen LogP contribution < -0.4 is 10.1 Å². The monoisotopic (exact) mass is 231 g/mol. The molecule has 2 unspecified atom stereocenters. The number of rotatable bonds is 2. The van der Waals surface area contributed by atoms with Crippen molar-refractivity contribution in [2.75, 3.05) is 6.54 Å². The van der Waals surface area contributed by atoms with Crippen molar-refractivity contribution in [2.45, 2.75) is 50.7 Å². The fourth-order valence-corrected chi connectivity index (χ4v) is 3.58. The Balaban J connectivity index is 1.92. The van der Waals surface area contributed by atoms with Crippen LogP contribution in [0.15, 0.2) is 24.3 Å². The summed E-state index contributed by atoms with van der Waals surface area (Å²) in [6, 6.07) is 9.16. The van der Waals surface area contributed by atoms with Gasteiger partial charge in [-0.3, -0.25) is 0 Å². The van der Waals surface area contributed by atoms with E-state index in [1.807, 2.05) is 0 Å². The molecule has 1 aliphatic carbocycles. The molecule has 3 rings (SSSR count). The van der Waals surface area contributed by atoms with E-state index >= 15 is 0 Å². The maximum Gasteiger partial charge on any atom is 0.123 e. The van der Waals surface area contributed by atoms with Crippen LogP contribution in [0.4, 0.5) is 0 Å². The minimum absolute atomic E-state index is 0.0319. The Hall–Kier alpha value is -1.02. The smallest absolute Gasteiger partial charge is 0.123 e. The van der Waals surface area contributed by atoms with Gasteiger partial charge < -0.3 is 10.1 Å². The predicted octanol–water partition coefficient (Wildman–Crippen LogP) is 3.08. The molecule has 2 bridgehead atoms. The van der Waals surface area contributed by atoms with Gasteiger partial charge in [0.05, 0.1) is 0 Å². The van der Waals surface area contributed by atoms with Crippen molar-refractivity contribution in [1.82, 2.24) is 5.32 Å². The molecule has 1 aromatic carbocycles. The fourth-order valence-electron chi connectivity index (χ4n) is 3.58. The number of para-hydroxylation sites is 1. The Kier molecular flexibility index (Phi) is 2.62. The second-order valence-corrected chi connectivity index (χ2v) is 5.69. The molecule has 0 radical (unpaired) electrons. The Morgan fingerprint density at radius 3 is 3.00 bits per heavy atom. The highest BCUT2D eigenvalue weighted by atomic mass is 16.5. The highest BCUT2D eigenvalue weighted by Gasteiger charge is 2.43. The van der Waals surface area contributed by atoms with Gasteiger partial charge in [-0.25, -0.2) is 0 Å². The maximum absolute atomic E-state index is 6.23. The number of hydrogen-bond acceptors (Lipinski definition) is 2. The fraction of sp³-hybridized carbons (Fsp3) is 0.600. The lowest BCUT2D eigenvalue weighted by Crippen LogP contribution is -2.50. The summed E-state index contributed by atoms with van der Waals surface area (Å²) in [6.07, 6.45) is 3.56. The first-order valence-corrected chi connectivity index (χ1v) is 6.71. The highest BCUT2D eigenvalue weighted by molar-refractivity contribution is 5.40. The Labute approximate surface area is 103 Å². The van der Waals surface area contributed by atoms with Gasteiger partial charge in [0.25, 0.3) is 0 Å². The number of fused-ring (bicyclic) bond motifs is 4. The van der Waals surface area contributed by atoms with Gasteiger partial charge in [0, 0.05) is 12.5 Å². The average molecular weight is 231 g/mol. The van der Waals surface area contributed by atoms with Crippen molar-refractivity contribution < 1.29 is 4.74 Å². The van der Waals surface area contributed by atoms with E-state index in [4.69, 9.17) is 4.74 Å². The second-order valence-electron chi connectivity index (χ2n) is 5.69. The van der Waals surface area contributed by atoms with E-state index in [-0.39, 0.29) is 5.60 Å². The lowest BCUT2D eigenvalue weighted by Gasteiger charge is -2.47. The zero-order valence-electron chi connectivity index (χ0n) is 10.7. The normalized spacial score (nSPS) is 34.9. The summed E-state index contributed by atoms with van der Waals surface area (Å²) in [5.41, 5.74) is 1.44. The Bertz CT molecular complexity index is 417. The summed E-state index contributed by atoms with van der Waals surface area (Å²) in [5.74, 6) is 1.78. The van der Waals surface area contributed by atoms with E-state index in [9.17, 15) is 0 Å². The molecule has 2 nitrogen and oxygen atoms in total. The van der Waals surface area contributed by atoms with Crippen molar-refractivity contribution >= 4 is 0 Å². The van der Waals surface area contributed by atoms with Crippen molar-refractivity contribution in [1.29, 1.82) is 0 Å². The molecule has 1 N–H and O–H groups in total.